The lowest BCUT2D eigenvalue weighted by atomic mass is 9.92. The summed E-state index contributed by atoms with van der Waals surface area (Å²) in [6, 6.07) is 10.6. The Balaban J connectivity index is 1.41. The van der Waals surface area contributed by atoms with E-state index in [0.717, 1.165) is 56.6 Å². The Hall–Kier alpha value is -3.20. The molecule has 1 aromatic heterocycles. The lowest BCUT2D eigenvalue weighted by Crippen LogP contribution is -2.51. The Morgan fingerprint density at radius 1 is 1.15 bits per heavy atom. The molecule has 2 aliphatic heterocycles. The van der Waals surface area contributed by atoms with E-state index in [2.05, 4.69) is 34.1 Å². The first kappa shape index (κ1) is 27.9. The largest absolute Gasteiger partial charge is 0.508 e. The van der Waals surface area contributed by atoms with E-state index in [1.54, 1.807) is 18.2 Å². The van der Waals surface area contributed by atoms with Crippen LogP contribution in [-0.4, -0.2) is 71.9 Å². The number of piperazine rings is 1. The van der Waals surface area contributed by atoms with Crippen LogP contribution in [0.3, 0.4) is 0 Å². The number of halogens is 2. The Labute approximate surface area is 245 Å². The monoisotopic (exact) mass is 577 g/mol. The molecule has 3 aliphatic rings. The smallest absolute Gasteiger partial charge is 0.319 e. The number of aromatic nitrogens is 2. The molecule has 0 saturated carbocycles. The van der Waals surface area contributed by atoms with Gasteiger partial charge in [-0.25, -0.2) is 4.39 Å². The number of hydrogen-bond acceptors (Lipinski definition) is 7. The van der Waals surface area contributed by atoms with Gasteiger partial charge in [0.05, 0.1) is 11.6 Å². The maximum Gasteiger partial charge on any atom is 0.319 e. The number of aliphatic hydroxyl groups is 1. The molecule has 1 aliphatic carbocycles. The molecule has 3 heterocycles. The second-order valence-electron chi connectivity index (χ2n) is 11.4. The molecule has 2 aromatic carbocycles. The number of nitrogens with one attached hydrogen (secondary N) is 1. The van der Waals surface area contributed by atoms with Gasteiger partial charge in [-0.15, -0.1) is 0 Å². The van der Waals surface area contributed by atoms with Gasteiger partial charge in [0.25, 0.3) is 0 Å². The number of rotatable bonds is 8. The lowest BCUT2D eigenvalue weighted by molar-refractivity contribution is 0.254. The minimum Gasteiger partial charge on any atom is -0.508 e. The fraction of sp³-hybridized carbons (Fsp3) is 0.438. The second kappa shape index (κ2) is 12.0. The number of fused-ring (bicyclic) bond motifs is 4. The highest BCUT2D eigenvalue weighted by Crippen LogP contribution is 2.40. The van der Waals surface area contributed by atoms with E-state index in [9.17, 15) is 5.11 Å². The van der Waals surface area contributed by atoms with Crippen molar-refractivity contribution in [2.24, 2.45) is 0 Å². The van der Waals surface area contributed by atoms with Crippen LogP contribution in [0.5, 0.6) is 6.01 Å². The molecule has 216 valence electrons. The minimum atomic E-state index is -0.516. The summed E-state index contributed by atoms with van der Waals surface area (Å²) in [6.07, 6.45) is 7.58. The lowest BCUT2D eigenvalue weighted by Gasteiger charge is -2.34. The first-order chi connectivity index (χ1) is 19.9. The van der Waals surface area contributed by atoms with E-state index in [4.69, 9.17) is 21.3 Å². The van der Waals surface area contributed by atoms with Crippen molar-refractivity contribution in [2.75, 3.05) is 44.7 Å². The van der Waals surface area contributed by atoms with E-state index in [1.807, 2.05) is 24.3 Å². The van der Waals surface area contributed by atoms with Crippen molar-refractivity contribution in [1.29, 1.82) is 0 Å². The maximum absolute atomic E-state index is 16.6. The van der Waals surface area contributed by atoms with E-state index in [-0.39, 0.29) is 27.9 Å². The van der Waals surface area contributed by atoms with Gasteiger partial charge in [-0.05, 0) is 80.6 Å². The van der Waals surface area contributed by atoms with Crippen molar-refractivity contribution in [2.45, 2.75) is 51.1 Å². The molecule has 2 bridgehead atoms. The molecule has 0 radical (unpaired) electrons. The average molecular weight is 578 g/mol. The van der Waals surface area contributed by atoms with Gasteiger partial charge in [-0.3, -0.25) is 0 Å². The topological polar surface area (TPSA) is 73.8 Å². The third kappa shape index (κ3) is 5.92. The first-order valence-electron chi connectivity index (χ1n) is 14.6. The van der Waals surface area contributed by atoms with Crippen LogP contribution in [0.15, 0.2) is 42.2 Å². The van der Waals surface area contributed by atoms with Crippen molar-refractivity contribution in [3.05, 3.63) is 69.7 Å². The van der Waals surface area contributed by atoms with Crippen LogP contribution >= 0.6 is 11.6 Å². The number of benzene rings is 2. The fourth-order valence-corrected chi connectivity index (χ4v) is 6.52. The number of aliphatic hydroxyl groups excluding tert-OH is 1. The van der Waals surface area contributed by atoms with Gasteiger partial charge in [0.2, 0.25) is 0 Å². The zero-order chi connectivity index (χ0) is 28.5. The molecule has 2 unspecified atom stereocenters. The standard InChI is InChI=1S/C32H37ClFN5O2/c1-3-38(2)13-6-14-41-32-36-30-26(31(37-32)39-18-23-11-12-24(19-39)35-23)17-27(33)28(29(30)34)22-10-9-20-7-4-5-8-21(20)15-25(40)16-22/h4-5,7-8,15-17,23-24,35,40H,3,6,9-14,18-19H2,1-2H3/b22-16+,25-15+. The van der Waals surface area contributed by atoms with E-state index >= 15 is 4.39 Å². The van der Waals surface area contributed by atoms with Gasteiger partial charge in [0, 0.05) is 42.7 Å². The molecule has 2 atom stereocenters. The highest BCUT2D eigenvalue weighted by Gasteiger charge is 2.34. The third-order valence-electron chi connectivity index (χ3n) is 8.48. The number of ether oxygens (including phenoxy) is 1. The molecule has 7 nitrogen and oxygen atoms in total. The van der Waals surface area contributed by atoms with E-state index in [0.29, 0.717) is 48.3 Å². The molecule has 6 rings (SSSR count). The first-order valence-corrected chi connectivity index (χ1v) is 15.0. The second-order valence-corrected chi connectivity index (χ2v) is 11.8. The van der Waals surface area contributed by atoms with Crippen molar-refractivity contribution in [1.82, 2.24) is 20.2 Å². The predicted molar refractivity (Wildman–Crippen MR) is 163 cm³/mol. The molecule has 2 fully saturated rings. The summed E-state index contributed by atoms with van der Waals surface area (Å²) in [4.78, 5) is 13.8. The normalized spacial score (nSPS) is 23.0. The Kier molecular flexibility index (Phi) is 8.15. The zero-order valence-corrected chi connectivity index (χ0v) is 24.4. The van der Waals surface area contributed by atoms with Crippen LogP contribution in [0.25, 0.3) is 22.6 Å². The van der Waals surface area contributed by atoms with Crippen molar-refractivity contribution in [3.8, 4) is 6.01 Å². The highest BCUT2D eigenvalue weighted by atomic mass is 35.5. The van der Waals surface area contributed by atoms with Crippen LogP contribution in [0.2, 0.25) is 5.02 Å². The fourth-order valence-electron chi connectivity index (χ4n) is 6.21. The summed E-state index contributed by atoms with van der Waals surface area (Å²) in [6.45, 7) is 5.98. The van der Waals surface area contributed by atoms with E-state index in [1.165, 1.54) is 0 Å². The summed E-state index contributed by atoms with van der Waals surface area (Å²) in [5.41, 5.74) is 3.12. The van der Waals surface area contributed by atoms with Crippen molar-refractivity contribution < 1.29 is 14.2 Å². The van der Waals surface area contributed by atoms with Crippen molar-refractivity contribution >= 4 is 40.0 Å². The van der Waals surface area contributed by atoms with Gasteiger partial charge < -0.3 is 25.0 Å². The summed E-state index contributed by atoms with van der Waals surface area (Å²) in [7, 11) is 2.07. The summed E-state index contributed by atoms with van der Waals surface area (Å²) in [5.74, 6) is 0.200. The zero-order valence-electron chi connectivity index (χ0n) is 23.7. The molecule has 2 saturated heterocycles. The van der Waals surface area contributed by atoms with Crippen LogP contribution in [-0.2, 0) is 6.42 Å². The maximum atomic E-state index is 16.6. The van der Waals surface area contributed by atoms with Gasteiger partial charge in [0.1, 0.15) is 17.1 Å². The molecule has 3 aromatic rings. The number of hydrogen-bond donors (Lipinski definition) is 2. The van der Waals surface area contributed by atoms with Gasteiger partial charge in [-0.2, -0.15) is 9.97 Å². The SMILES string of the molecule is CCN(C)CCCOc1nc(N2CC3CCC(C2)N3)c2cc(Cl)c(/C3=C/C(O)=C\c4ccccc4CC3)c(F)c2n1. The Morgan fingerprint density at radius 2 is 1.93 bits per heavy atom. The molecule has 0 amide bonds. The molecule has 2 N–H and O–H groups in total. The van der Waals surface area contributed by atoms with Crippen LogP contribution in [0, 0.1) is 5.82 Å². The number of allylic oxidation sites excluding steroid dienone is 2. The molecular formula is C32H37ClFN5O2. The summed E-state index contributed by atoms with van der Waals surface area (Å²) >= 11 is 6.85. The molecule has 41 heavy (non-hydrogen) atoms. The van der Waals surface area contributed by atoms with Gasteiger partial charge in [-0.1, -0.05) is 42.8 Å². The quantitative estimate of drug-likeness (QED) is 0.318. The molecular weight excluding hydrogens is 541 g/mol. The Morgan fingerprint density at radius 3 is 2.71 bits per heavy atom. The van der Waals surface area contributed by atoms with Crippen molar-refractivity contribution in [3.63, 3.8) is 0 Å². The number of anilines is 1. The molecule has 0 spiro atoms. The average Bonchev–Trinajstić information content (AvgIpc) is 3.30. The summed E-state index contributed by atoms with van der Waals surface area (Å²) < 4.78 is 22.6. The summed E-state index contributed by atoms with van der Waals surface area (Å²) in [5, 5.41) is 15.2. The van der Waals surface area contributed by atoms with Crippen LogP contribution in [0.4, 0.5) is 10.2 Å². The third-order valence-corrected chi connectivity index (χ3v) is 8.78. The van der Waals surface area contributed by atoms with E-state index < -0.39 is 5.82 Å². The van der Waals surface area contributed by atoms with Gasteiger partial charge in [0.15, 0.2) is 5.82 Å². The molecule has 9 heteroatoms. The highest BCUT2D eigenvalue weighted by molar-refractivity contribution is 6.33. The number of nitrogens with zero attached hydrogens (tertiary/aromatic N) is 4. The van der Waals surface area contributed by atoms with Gasteiger partial charge >= 0.3 is 6.01 Å². The number of aryl methyl sites for hydroxylation is 1. The Bertz CT molecular complexity index is 1500. The minimum absolute atomic E-state index is 0.0588. The van der Waals surface area contributed by atoms with Crippen LogP contribution in [0.1, 0.15) is 49.3 Å². The predicted octanol–water partition coefficient (Wildman–Crippen LogP) is 6.01. The van der Waals surface area contributed by atoms with Crippen LogP contribution < -0.4 is 15.0 Å².